The topological polar surface area (TPSA) is 79.6 Å². The summed E-state index contributed by atoms with van der Waals surface area (Å²) >= 11 is 0. The van der Waals surface area contributed by atoms with Gasteiger partial charge in [0.1, 0.15) is 24.5 Å². The molecule has 2 N–H and O–H groups in total. The van der Waals surface area contributed by atoms with E-state index < -0.39 is 0 Å². The maximum atomic E-state index is 5.79. The van der Waals surface area contributed by atoms with Crippen molar-refractivity contribution in [3.05, 3.63) is 42.5 Å². The van der Waals surface area contributed by atoms with Crippen molar-refractivity contribution in [1.82, 2.24) is 30.3 Å². The number of para-hydroxylation sites is 1. The highest BCUT2D eigenvalue weighted by atomic mass is 127. The van der Waals surface area contributed by atoms with Crippen molar-refractivity contribution >= 4 is 29.9 Å². The zero-order chi connectivity index (χ0) is 21.0. The molecule has 1 aromatic heterocycles. The normalized spacial score (nSPS) is 16.7. The quantitative estimate of drug-likeness (QED) is 0.197. The van der Waals surface area contributed by atoms with Crippen molar-refractivity contribution in [3.8, 4) is 5.75 Å². The lowest BCUT2D eigenvalue weighted by atomic mass is 10.2. The maximum absolute atomic E-state index is 5.79. The van der Waals surface area contributed by atoms with Gasteiger partial charge >= 0.3 is 0 Å². The molecule has 0 radical (unpaired) electrons. The molecule has 0 spiro atoms. The SMILES string of the molecule is CCc1nncn1CCNC(=NCC1CCCN1CC)NCCOc1ccccc1.I. The van der Waals surface area contributed by atoms with Crippen LogP contribution in [0.4, 0.5) is 0 Å². The Labute approximate surface area is 202 Å². The van der Waals surface area contributed by atoms with Crippen molar-refractivity contribution in [1.29, 1.82) is 0 Å². The Morgan fingerprint density at radius 2 is 2.00 bits per heavy atom. The highest BCUT2D eigenvalue weighted by molar-refractivity contribution is 14.0. The molecular weight excluding hydrogens is 505 g/mol. The van der Waals surface area contributed by atoms with Crippen LogP contribution in [0.2, 0.25) is 0 Å². The predicted molar refractivity (Wildman–Crippen MR) is 135 cm³/mol. The lowest BCUT2D eigenvalue weighted by Gasteiger charge is -2.21. The molecule has 0 aliphatic carbocycles. The lowest BCUT2D eigenvalue weighted by Crippen LogP contribution is -2.42. The number of rotatable bonds is 11. The highest BCUT2D eigenvalue weighted by Gasteiger charge is 2.22. The van der Waals surface area contributed by atoms with E-state index >= 15 is 0 Å². The second-order valence-electron chi connectivity index (χ2n) is 7.42. The van der Waals surface area contributed by atoms with Crippen LogP contribution in [0.5, 0.6) is 5.75 Å². The Hall–Kier alpha value is -1.88. The van der Waals surface area contributed by atoms with Gasteiger partial charge in [-0.3, -0.25) is 9.89 Å². The first-order chi connectivity index (χ1) is 14.8. The minimum atomic E-state index is 0. The first-order valence-corrected chi connectivity index (χ1v) is 11.1. The van der Waals surface area contributed by atoms with Gasteiger partial charge in [-0.25, -0.2) is 0 Å². The summed E-state index contributed by atoms with van der Waals surface area (Å²) in [5, 5.41) is 15.0. The van der Waals surface area contributed by atoms with Gasteiger partial charge in [0.05, 0.1) is 13.1 Å². The van der Waals surface area contributed by atoms with E-state index in [-0.39, 0.29) is 24.0 Å². The molecule has 9 heteroatoms. The largest absolute Gasteiger partial charge is 0.492 e. The van der Waals surface area contributed by atoms with E-state index in [1.54, 1.807) is 6.33 Å². The summed E-state index contributed by atoms with van der Waals surface area (Å²) in [6.07, 6.45) is 5.16. The van der Waals surface area contributed by atoms with Gasteiger partial charge in [0.2, 0.25) is 0 Å². The first-order valence-electron chi connectivity index (χ1n) is 11.1. The molecule has 1 fully saturated rings. The smallest absolute Gasteiger partial charge is 0.191 e. The minimum Gasteiger partial charge on any atom is -0.492 e. The van der Waals surface area contributed by atoms with Gasteiger partial charge in [0, 0.05) is 25.6 Å². The van der Waals surface area contributed by atoms with Crippen molar-refractivity contribution in [3.63, 3.8) is 0 Å². The number of hydrogen-bond acceptors (Lipinski definition) is 5. The maximum Gasteiger partial charge on any atom is 0.191 e. The summed E-state index contributed by atoms with van der Waals surface area (Å²) in [6, 6.07) is 10.4. The number of nitrogens with one attached hydrogen (secondary N) is 2. The van der Waals surface area contributed by atoms with Crippen molar-refractivity contribution in [2.45, 2.75) is 45.7 Å². The second-order valence-corrected chi connectivity index (χ2v) is 7.42. The Bertz CT molecular complexity index is 768. The summed E-state index contributed by atoms with van der Waals surface area (Å²) < 4.78 is 7.87. The summed E-state index contributed by atoms with van der Waals surface area (Å²) in [5.74, 6) is 2.72. The molecule has 1 aromatic carbocycles. The van der Waals surface area contributed by atoms with E-state index in [4.69, 9.17) is 9.73 Å². The molecule has 1 saturated heterocycles. The molecule has 2 aromatic rings. The lowest BCUT2D eigenvalue weighted by molar-refractivity contribution is 0.272. The van der Waals surface area contributed by atoms with E-state index in [2.05, 4.69) is 44.1 Å². The van der Waals surface area contributed by atoms with Gasteiger partial charge in [0.25, 0.3) is 0 Å². The fourth-order valence-electron chi connectivity index (χ4n) is 3.78. The average Bonchev–Trinajstić information content (AvgIpc) is 3.43. The van der Waals surface area contributed by atoms with Crippen LogP contribution in [0.15, 0.2) is 41.7 Å². The number of guanidine groups is 1. The Balaban J connectivity index is 0.00000341. The number of likely N-dealkylation sites (tertiary alicyclic amines) is 1. The van der Waals surface area contributed by atoms with E-state index in [1.807, 2.05) is 30.3 Å². The average molecular weight is 541 g/mol. The molecule has 0 amide bonds. The highest BCUT2D eigenvalue weighted by Crippen LogP contribution is 2.16. The summed E-state index contributed by atoms with van der Waals surface area (Å²) in [4.78, 5) is 7.38. The van der Waals surface area contributed by atoms with Crippen LogP contribution in [-0.4, -0.2) is 71.0 Å². The molecule has 2 heterocycles. The molecule has 1 unspecified atom stereocenters. The zero-order valence-corrected chi connectivity index (χ0v) is 21.0. The van der Waals surface area contributed by atoms with Crippen LogP contribution >= 0.6 is 24.0 Å². The first kappa shape index (κ1) is 25.4. The number of aryl methyl sites for hydroxylation is 1. The number of benzene rings is 1. The van der Waals surface area contributed by atoms with Crippen LogP contribution in [0.25, 0.3) is 0 Å². The number of ether oxygens (including phenoxy) is 1. The van der Waals surface area contributed by atoms with Crippen LogP contribution in [0.3, 0.4) is 0 Å². The zero-order valence-electron chi connectivity index (χ0n) is 18.7. The third kappa shape index (κ3) is 8.29. The minimum absolute atomic E-state index is 0. The Kier molecular flexibility index (Phi) is 11.7. The molecule has 1 aliphatic rings. The molecule has 172 valence electrons. The third-order valence-corrected chi connectivity index (χ3v) is 5.43. The second kappa shape index (κ2) is 14.2. The Morgan fingerprint density at radius 1 is 1.19 bits per heavy atom. The Morgan fingerprint density at radius 3 is 2.77 bits per heavy atom. The van der Waals surface area contributed by atoms with Crippen molar-refractivity contribution < 1.29 is 4.74 Å². The van der Waals surface area contributed by atoms with Gasteiger partial charge in [-0.15, -0.1) is 34.2 Å². The summed E-state index contributed by atoms with van der Waals surface area (Å²) in [5.41, 5.74) is 0. The van der Waals surface area contributed by atoms with Crippen LogP contribution in [0, 0.1) is 0 Å². The van der Waals surface area contributed by atoms with E-state index in [0.29, 0.717) is 19.2 Å². The van der Waals surface area contributed by atoms with E-state index in [9.17, 15) is 0 Å². The fourth-order valence-corrected chi connectivity index (χ4v) is 3.78. The number of nitrogens with zero attached hydrogens (tertiary/aromatic N) is 5. The van der Waals surface area contributed by atoms with Gasteiger partial charge in [0.15, 0.2) is 5.96 Å². The van der Waals surface area contributed by atoms with Crippen LogP contribution in [-0.2, 0) is 13.0 Å². The van der Waals surface area contributed by atoms with Gasteiger partial charge in [-0.1, -0.05) is 32.0 Å². The van der Waals surface area contributed by atoms with E-state index in [1.165, 1.54) is 19.4 Å². The molecular formula is C22H36IN7O. The number of aliphatic imine (C=N–C) groups is 1. The molecule has 0 bridgehead atoms. The standard InChI is InChI=1S/C22H35N7O.HI/c1-3-21-27-26-18-29(21)15-12-23-22(25-17-19-9-8-14-28(19)4-2)24-13-16-30-20-10-6-5-7-11-20;/h5-7,10-11,18-19H,3-4,8-9,12-17H2,1-2H3,(H2,23,24,25);1H. The number of halogens is 1. The fraction of sp³-hybridized carbons (Fsp3) is 0.591. The van der Waals surface area contributed by atoms with Gasteiger partial charge in [-0.2, -0.15) is 0 Å². The van der Waals surface area contributed by atoms with Gasteiger partial charge < -0.3 is 19.9 Å². The van der Waals surface area contributed by atoms with Crippen LogP contribution < -0.4 is 15.4 Å². The molecule has 1 aliphatic heterocycles. The van der Waals surface area contributed by atoms with Gasteiger partial charge in [-0.05, 0) is 38.1 Å². The molecule has 0 saturated carbocycles. The van der Waals surface area contributed by atoms with E-state index in [0.717, 1.165) is 50.1 Å². The predicted octanol–water partition coefficient (Wildman–Crippen LogP) is 2.56. The number of hydrogen-bond donors (Lipinski definition) is 2. The van der Waals surface area contributed by atoms with Crippen molar-refractivity contribution in [2.24, 2.45) is 4.99 Å². The molecule has 31 heavy (non-hydrogen) atoms. The third-order valence-electron chi connectivity index (χ3n) is 5.43. The van der Waals surface area contributed by atoms with Crippen LogP contribution in [0.1, 0.15) is 32.5 Å². The molecule has 3 rings (SSSR count). The summed E-state index contributed by atoms with van der Waals surface area (Å²) in [7, 11) is 0. The molecule has 8 nitrogen and oxygen atoms in total. The summed E-state index contributed by atoms with van der Waals surface area (Å²) in [6.45, 7) is 10.3. The van der Waals surface area contributed by atoms with Crippen molar-refractivity contribution in [2.75, 3.05) is 39.3 Å². The number of likely N-dealkylation sites (N-methyl/N-ethyl adjacent to an activating group) is 1. The monoisotopic (exact) mass is 541 g/mol. The molecule has 1 atom stereocenters. The number of aromatic nitrogens is 3.